The molecule has 13 rings (SSSR count). The van der Waals surface area contributed by atoms with Crippen LogP contribution in [0.3, 0.4) is 0 Å². The lowest BCUT2D eigenvalue weighted by atomic mass is 9.12. The van der Waals surface area contributed by atoms with Gasteiger partial charge in [0.15, 0.2) is 0 Å². The number of fused-ring (bicyclic) bond motifs is 3. The van der Waals surface area contributed by atoms with Gasteiger partial charge in [0.2, 0.25) is 0 Å². The minimum atomic E-state index is 0.442. The molecule has 0 radical (unpaired) electrons. The molecule has 1 nitrogen and oxygen atoms in total. The smallest absolute Gasteiger partial charge is 0.0540 e. The predicted molar refractivity (Wildman–Crippen MR) is 243 cm³/mol. The van der Waals surface area contributed by atoms with Crippen molar-refractivity contribution in [3.8, 4) is 33.4 Å². The van der Waals surface area contributed by atoms with Crippen molar-refractivity contribution in [2.45, 2.75) is 31.1 Å². The van der Waals surface area contributed by atoms with Crippen molar-refractivity contribution in [2.24, 2.45) is 23.2 Å². The lowest BCUT2D eigenvalue weighted by Gasteiger charge is -2.91. The van der Waals surface area contributed by atoms with Gasteiger partial charge in [-0.25, -0.2) is 0 Å². The van der Waals surface area contributed by atoms with Crippen LogP contribution in [0.2, 0.25) is 0 Å². The molecular weight excluding hydrogens is 699 g/mol. The molecule has 2 unspecified atom stereocenters. The molecule has 2 atom stereocenters. The van der Waals surface area contributed by atoms with Crippen molar-refractivity contribution in [3.63, 3.8) is 0 Å². The minimum Gasteiger partial charge on any atom is -0.310 e. The van der Waals surface area contributed by atoms with E-state index in [2.05, 4.69) is 199 Å². The summed E-state index contributed by atoms with van der Waals surface area (Å²) in [6.07, 6.45) is 5.80. The van der Waals surface area contributed by atoms with Gasteiger partial charge in [-0.1, -0.05) is 164 Å². The topological polar surface area (TPSA) is 3.24 Å². The number of rotatable bonds is 7. The monoisotopic (exact) mass is 741 g/mol. The third-order valence-electron chi connectivity index (χ3n) is 15.5. The first-order valence-electron chi connectivity index (χ1n) is 21.3. The Morgan fingerprint density at radius 1 is 0.379 bits per heavy atom. The molecule has 0 aliphatic heterocycles. The van der Waals surface area contributed by atoms with Gasteiger partial charge >= 0.3 is 0 Å². The van der Waals surface area contributed by atoms with Crippen molar-refractivity contribution in [1.82, 2.24) is 0 Å². The minimum absolute atomic E-state index is 0.442. The maximum absolute atomic E-state index is 2.50. The van der Waals surface area contributed by atoms with E-state index in [1.54, 1.807) is 5.56 Å². The van der Waals surface area contributed by atoms with Crippen LogP contribution < -0.4 is 4.90 Å². The fourth-order valence-electron chi connectivity index (χ4n) is 13.2. The predicted octanol–water partition coefficient (Wildman–Crippen LogP) is 15.3. The Hall–Kier alpha value is -6.44. The Kier molecular flexibility index (Phi) is 6.77. The lowest BCUT2D eigenvalue weighted by molar-refractivity contribution is -0.395. The number of hydrogen-bond acceptors (Lipinski definition) is 1. The van der Waals surface area contributed by atoms with E-state index in [1.165, 1.54) is 103 Å². The van der Waals surface area contributed by atoms with Gasteiger partial charge in [-0.3, -0.25) is 0 Å². The van der Waals surface area contributed by atoms with Crippen LogP contribution >= 0.6 is 0 Å². The molecule has 9 aromatic carbocycles. The number of hydrogen-bond donors (Lipinski definition) is 0. The molecule has 276 valence electrons. The maximum Gasteiger partial charge on any atom is 0.0540 e. The largest absolute Gasteiger partial charge is 0.310 e. The van der Waals surface area contributed by atoms with Crippen molar-refractivity contribution in [1.29, 1.82) is 0 Å². The van der Waals surface area contributed by atoms with Gasteiger partial charge in [0.1, 0.15) is 0 Å². The van der Waals surface area contributed by atoms with Crippen molar-refractivity contribution < 1.29 is 0 Å². The SMILES string of the molecule is c1ccc(-c2c(-c3ccc(N(c4ccc(C56CC7CC8CC(C5)C876)cc4)c4ccc(-c5cccc6ccccc56)c5ccccc45)cc3)ccc3ccccc23)cc1. The first kappa shape index (κ1) is 32.6. The number of nitrogens with zero attached hydrogens (tertiary/aromatic N) is 1. The maximum atomic E-state index is 2.50. The summed E-state index contributed by atoms with van der Waals surface area (Å²) in [4.78, 5) is 2.50. The summed E-state index contributed by atoms with van der Waals surface area (Å²) < 4.78 is 0. The summed E-state index contributed by atoms with van der Waals surface area (Å²) in [5.74, 6) is 2.99. The van der Waals surface area contributed by atoms with E-state index in [0.29, 0.717) is 10.8 Å². The number of anilines is 3. The van der Waals surface area contributed by atoms with Gasteiger partial charge in [-0.2, -0.15) is 0 Å². The molecule has 0 amide bonds. The molecule has 4 aliphatic rings. The highest BCUT2D eigenvalue weighted by atomic mass is 15.1. The highest BCUT2D eigenvalue weighted by Crippen LogP contribution is 2.92. The molecular formula is C57H43N. The summed E-state index contributed by atoms with van der Waals surface area (Å²) in [6.45, 7) is 0. The highest BCUT2D eigenvalue weighted by molar-refractivity contribution is 6.10. The van der Waals surface area contributed by atoms with Crippen LogP contribution in [0.4, 0.5) is 17.1 Å². The Labute approximate surface area is 340 Å². The van der Waals surface area contributed by atoms with E-state index in [0.717, 1.165) is 23.4 Å². The molecule has 4 fully saturated rings. The second-order valence-corrected chi connectivity index (χ2v) is 17.7. The second-order valence-electron chi connectivity index (χ2n) is 17.7. The molecule has 1 heteroatoms. The summed E-state index contributed by atoms with van der Waals surface area (Å²) in [6, 6.07) is 72.5. The van der Waals surface area contributed by atoms with E-state index in [1.807, 2.05) is 0 Å². The summed E-state index contributed by atoms with van der Waals surface area (Å²) in [5.41, 5.74) is 13.8. The number of benzene rings is 9. The molecule has 4 aliphatic carbocycles. The van der Waals surface area contributed by atoms with Crippen molar-refractivity contribution >= 4 is 49.4 Å². The van der Waals surface area contributed by atoms with E-state index >= 15 is 0 Å². The van der Waals surface area contributed by atoms with Crippen LogP contribution in [0.5, 0.6) is 0 Å². The van der Waals surface area contributed by atoms with Crippen molar-refractivity contribution in [2.75, 3.05) is 4.90 Å². The normalized spacial score (nSPS) is 23.6. The molecule has 0 heterocycles. The van der Waals surface area contributed by atoms with Gasteiger partial charge in [0, 0.05) is 22.2 Å². The van der Waals surface area contributed by atoms with Crippen LogP contribution in [0.1, 0.15) is 31.2 Å². The Bertz CT molecular complexity index is 3050. The van der Waals surface area contributed by atoms with Crippen LogP contribution in [0.25, 0.3) is 65.7 Å². The molecule has 0 aromatic heterocycles. The van der Waals surface area contributed by atoms with Gasteiger partial charge in [0.25, 0.3) is 0 Å². The summed E-state index contributed by atoms with van der Waals surface area (Å²) >= 11 is 0. The fraction of sp³-hybridized carbons (Fsp3) is 0.158. The van der Waals surface area contributed by atoms with Gasteiger partial charge in [-0.05, 0) is 145 Å². The van der Waals surface area contributed by atoms with Crippen molar-refractivity contribution in [3.05, 3.63) is 200 Å². The molecule has 9 aromatic rings. The van der Waals surface area contributed by atoms with Crippen LogP contribution in [-0.2, 0) is 5.41 Å². The van der Waals surface area contributed by atoms with Crippen LogP contribution in [0.15, 0.2) is 194 Å². The van der Waals surface area contributed by atoms with E-state index in [4.69, 9.17) is 0 Å². The van der Waals surface area contributed by atoms with Gasteiger partial charge in [-0.15, -0.1) is 0 Å². The highest BCUT2D eigenvalue weighted by Gasteiger charge is 2.87. The first-order valence-corrected chi connectivity index (χ1v) is 21.3. The third-order valence-corrected chi connectivity index (χ3v) is 15.5. The second kappa shape index (κ2) is 12.0. The Morgan fingerprint density at radius 2 is 0.948 bits per heavy atom. The van der Waals surface area contributed by atoms with Gasteiger partial charge < -0.3 is 4.90 Å². The lowest BCUT2D eigenvalue weighted by Crippen LogP contribution is -2.87. The zero-order chi connectivity index (χ0) is 38.0. The van der Waals surface area contributed by atoms with E-state index in [9.17, 15) is 0 Å². The molecule has 4 saturated carbocycles. The zero-order valence-corrected chi connectivity index (χ0v) is 32.5. The standard InChI is InChI=1S/C57H43N/c1-2-13-40(14-3-1)55-48-17-7-5-12-38(48)23-30-49(55)39-21-26-45(27-22-39)58(46-28-24-41(25-29-46)56-35-43-33-42-34-44(36-56)57(42,43)56)54-32-31-52(51-18-8-9-19-53(51)54)50-20-10-15-37-11-4-6-16-47(37)50/h1-32,42-44H,33-36H2. The van der Waals surface area contributed by atoms with Crippen LogP contribution in [-0.4, -0.2) is 0 Å². The molecule has 58 heavy (non-hydrogen) atoms. The Balaban J connectivity index is 0.961. The average molecular weight is 742 g/mol. The third kappa shape index (κ3) is 4.26. The quantitative estimate of drug-likeness (QED) is 0.157. The first-order chi connectivity index (χ1) is 28.7. The van der Waals surface area contributed by atoms with E-state index in [-0.39, 0.29) is 0 Å². The summed E-state index contributed by atoms with van der Waals surface area (Å²) in [5, 5.41) is 7.59. The molecule has 0 N–H and O–H groups in total. The molecule has 0 bridgehead atoms. The molecule has 0 saturated heterocycles. The van der Waals surface area contributed by atoms with E-state index < -0.39 is 0 Å². The Morgan fingerprint density at radius 3 is 1.66 bits per heavy atom. The zero-order valence-electron chi connectivity index (χ0n) is 32.5. The average Bonchev–Trinajstić information content (AvgIpc) is 3.26. The summed E-state index contributed by atoms with van der Waals surface area (Å²) in [7, 11) is 0. The van der Waals surface area contributed by atoms with Crippen LogP contribution in [0, 0.1) is 23.2 Å². The molecule has 1 spiro atoms. The van der Waals surface area contributed by atoms with Gasteiger partial charge in [0.05, 0.1) is 5.69 Å². The fourth-order valence-corrected chi connectivity index (χ4v) is 13.2.